The van der Waals surface area contributed by atoms with E-state index in [0.717, 1.165) is 33.2 Å². The molecule has 0 bridgehead atoms. The normalized spacial score (nSPS) is 12.0. The van der Waals surface area contributed by atoms with Crippen LogP contribution in [0.5, 0.6) is 5.75 Å². The molecular formula is C18H16N3O4P. The number of hydrogen-bond donors (Lipinski definition) is 2. The van der Waals surface area contributed by atoms with E-state index in [4.69, 9.17) is 4.74 Å². The first-order valence-corrected chi connectivity index (χ1v) is 9.49. The van der Waals surface area contributed by atoms with E-state index >= 15 is 0 Å². The molecule has 2 heterocycles. The fourth-order valence-electron chi connectivity index (χ4n) is 2.97. The van der Waals surface area contributed by atoms with Gasteiger partial charge in [-0.3, -0.25) is 9.55 Å². The molecule has 0 saturated carbocycles. The van der Waals surface area contributed by atoms with Crippen LogP contribution in [0.2, 0.25) is 0 Å². The van der Waals surface area contributed by atoms with Crippen LogP contribution in [0.4, 0.5) is 0 Å². The summed E-state index contributed by atoms with van der Waals surface area (Å²) in [6.07, 6.45) is 3.47. The van der Waals surface area contributed by atoms with Gasteiger partial charge in [0.2, 0.25) is 0 Å². The smallest absolute Gasteiger partial charge is 0.356 e. The minimum atomic E-state index is -4.23. The number of methoxy groups -OCH3 is 1. The maximum Gasteiger partial charge on any atom is 0.356 e. The van der Waals surface area contributed by atoms with E-state index in [1.807, 2.05) is 22.8 Å². The molecule has 0 aliphatic carbocycles. The lowest BCUT2D eigenvalue weighted by Crippen LogP contribution is -2.05. The number of imidazole rings is 1. The van der Waals surface area contributed by atoms with E-state index in [2.05, 4.69) is 9.97 Å². The largest absolute Gasteiger partial charge is 0.497 e. The van der Waals surface area contributed by atoms with Crippen molar-refractivity contribution in [2.75, 3.05) is 7.11 Å². The summed E-state index contributed by atoms with van der Waals surface area (Å²) >= 11 is 0. The second-order valence-corrected chi connectivity index (χ2v) is 7.56. The van der Waals surface area contributed by atoms with Gasteiger partial charge in [-0.15, -0.1) is 0 Å². The van der Waals surface area contributed by atoms with Gasteiger partial charge in [-0.25, -0.2) is 4.98 Å². The summed E-state index contributed by atoms with van der Waals surface area (Å²) in [6, 6.07) is 12.0. The standard InChI is InChI=1S/C18H16N3O4P/c1-25-13-4-7-16-15(8-13)18-17(9-19-16)20-11-21(18)10-12-2-5-14(6-3-12)26(22,23)24/h2-9,11H,10H2,1H3,(H2,22,23,24). The van der Waals surface area contributed by atoms with Crippen molar-refractivity contribution in [3.05, 3.63) is 60.6 Å². The van der Waals surface area contributed by atoms with E-state index in [-0.39, 0.29) is 5.30 Å². The zero-order valence-corrected chi connectivity index (χ0v) is 14.8. The van der Waals surface area contributed by atoms with Gasteiger partial charge in [-0.2, -0.15) is 0 Å². The fourth-order valence-corrected chi connectivity index (χ4v) is 3.51. The minimum absolute atomic E-state index is 0.0103. The Morgan fingerprint density at radius 3 is 2.54 bits per heavy atom. The van der Waals surface area contributed by atoms with Crippen molar-refractivity contribution >= 4 is 34.8 Å². The SMILES string of the molecule is COc1ccc2ncc3ncn(Cc4ccc(P(=O)(O)O)cc4)c3c2c1. The zero-order valence-electron chi connectivity index (χ0n) is 13.9. The van der Waals surface area contributed by atoms with Crippen LogP contribution in [-0.4, -0.2) is 31.4 Å². The zero-order chi connectivity index (χ0) is 18.3. The van der Waals surface area contributed by atoms with Crippen LogP contribution < -0.4 is 10.0 Å². The molecule has 26 heavy (non-hydrogen) atoms. The topological polar surface area (TPSA) is 97.5 Å². The van der Waals surface area contributed by atoms with Crippen LogP contribution in [0.25, 0.3) is 21.9 Å². The second-order valence-electron chi connectivity index (χ2n) is 5.96. The highest BCUT2D eigenvalue weighted by atomic mass is 31.2. The average Bonchev–Trinajstić information content (AvgIpc) is 3.04. The highest BCUT2D eigenvalue weighted by Gasteiger charge is 2.16. The Kier molecular flexibility index (Phi) is 4.00. The highest BCUT2D eigenvalue weighted by molar-refractivity contribution is 7.60. The number of ether oxygens (including phenoxy) is 1. The Hall–Kier alpha value is -2.73. The van der Waals surface area contributed by atoms with E-state index in [0.29, 0.717) is 6.54 Å². The van der Waals surface area contributed by atoms with Gasteiger partial charge in [0.1, 0.15) is 11.3 Å². The minimum Gasteiger partial charge on any atom is -0.497 e. The summed E-state index contributed by atoms with van der Waals surface area (Å²) in [4.78, 5) is 27.3. The van der Waals surface area contributed by atoms with Crippen molar-refractivity contribution in [3.63, 3.8) is 0 Å². The third-order valence-electron chi connectivity index (χ3n) is 4.28. The Bertz CT molecular complexity index is 1150. The molecule has 2 N–H and O–H groups in total. The number of nitrogens with zero attached hydrogens (tertiary/aromatic N) is 3. The van der Waals surface area contributed by atoms with Gasteiger partial charge in [0.15, 0.2) is 0 Å². The number of aromatic nitrogens is 3. The molecule has 0 spiro atoms. The molecule has 0 atom stereocenters. The van der Waals surface area contributed by atoms with Crippen molar-refractivity contribution in [1.29, 1.82) is 0 Å². The van der Waals surface area contributed by atoms with Crippen LogP contribution in [-0.2, 0) is 11.1 Å². The van der Waals surface area contributed by atoms with Crippen LogP contribution >= 0.6 is 7.60 Å². The lowest BCUT2D eigenvalue weighted by Gasteiger charge is -2.09. The highest BCUT2D eigenvalue weighted by Crippen LogP contribution is 2.33. The third-order valence-corrected chi connectivity index (χ3v) is 5.25. The van der Waals surface area contributed by atoms with E-state index in [1.165, 1.54) is 12.1 Å². The molecule has 7 nitrogen and oxygen atoms in total. The molecule has 0 fully saturated rings. The van der Waals surface area contributed by atoms with E-state index in [1.54, 1.807) is 31.8 Å². The van der Waals surface area contributed by atoms with Gasteiger partial charge >= 0.3 is 7.60 Å². The van der Waals surface area contributed by atoms with Gasteiger partial charge < -0.3 is 19.1 Å². The molecular weight excluding hydrogens is 353 g/mol. The lowest BCUT2D eigenvalue weighted by molar-refractivity contribution is 0.387. The summed E-state index contributed by atoms with van der Waals surface area (Å²) in [7, 11) is -2.61. The number of pyridine rings is 1. The van der Waals surface area contributed by atoms with Crippen LogP contribution in [0.1, 0.15) is 5.56 Å². The lowest BCUT2D eigenvalue weighted by atomic mass is 10.1. The number of benzene rings is 2. The Morgan fingerprint density at radius 1 is 1.08 bits per heavy atom. The molecule has 4 rings (SSSR count). The molecule has 132 valence electrons. The average molecular weight is 369 g/mol. The molecule has 0 saturated heterocycles. The van der Waals surface area contributed by atoms with E-state index < -0.39 is 7.60 Å². The first-order chi connectivity index (χ1) is 12.5. The Balaban J connectivity index is 1.79. The third kappa shape index (κ3) is 2.97. The van der Waals surface area contributed by atoms with Gasteiger partial charge in [-0.05, 0) is 35.9 Å². The van der Waals surface area contributed by atoms with Crippen LogP contribution in [0.3, 0.4) is 0 Å². The summed E-state index contributed by atoms with van der Waals surface area (Å²) in [5.41, 5.74) is 3.47. The van der Waals surface area contributed by atoms with Crippen LogP contribution in [0.15, 0.2) is 55.0 Å². The number of hydrogen-bond acceptors (Lipinski definition) is 4. The molecule has 0 aliphatic rings. The molecule has 8 heteroatoms. The van der Waals surface area contributed by atoms with Gasteiger partial charge in [0, 0.05) is 11.9 Å². The maximum absolute atomic E-state index is 11.3. The predicted octanol–water partition coefficient (Wildman–Crippen LogP) is 2.44. The fraction of sp³-hybridized carbons (Fsp3) is 0.111. The van der Waals surface area contributed by atoms with Gasteiger partial charge in [0.25, 0.3) is 0 Å². The monoisotopic (exact) mass is 369 g/mol. The molecule has 4 aromatic rings. The van der Waals surface area contributed by atoms with Crippen LogP contribution in [0, 0.1) is 0 Å². The molecule has 0 unspecified atom stereocenters. The van der Waals surface area contributed by atoms with Crippen molar-refractivity contribution in [3.8, 4) is 5.75 Å². The van der Waals surface area contributed by atoms with Crippen molar-refractivity contribution in [1.82, 2.24) is 14.5 Å². The van der Waals surface area contributed by atoms with E-state index in [9.17, 15) is 14.4 Å². The quantitative estimate of drug-likeness (QED) is 0.536. The first kappa shape index (κ1) is 16.7. The first-order valence-electron chi connectivity index (χ1n) is 7.88. The predicted molar refractivity (Wildman–Crippen MR) is 98.8 cm³/mol. The van der Waals surface area contributed by atoms with Gasteiger partial charge in [-0.1, -0.05) is 12.1 Å². The number of rotatable bonds is 4. The molecule has 0 radical (unpaired) electrons. The molecule has 2 aromatic carbocycles. The molecule has 2 aromatic heterocycles. The molecule has 0 aliphatic heterocycles. The van der Waals surface area contributed by atoms with Crippen molar-refractivity contribution < 1.29 is 19.1 Å². The Morgan fingerprint density at radius 2 is 1.85 bits per heavy atom. The Labute approximate surface area is 149 Å². The summed E-state index contributed by atoms with van der Waals surface area (Å²) in [6.45, 7) is 0.522. The second kappa shape index (κ2) is 6.21. The molecule has 0 amide bonds. The van der Waals surface area contributed by atoms with Crippen molar-refractivity contribution in [2.24, 2.45) is 0 Å². The summed E-state index contributed by atoms with van der Waals surface area (Å²) < 4.78 is 18.6. The summed E-state index contributed by atoms with van der Waals surface area (Å²) in [5.74, 6) is 0.741. The summed E-state index contributed by atoms with van der Waals surface area (Å²) in [5, 5.41) is 0.947. The van der Waals surface area contributed by atoms with Gasteiger partial charge in [0.05, 0.1) is 36.0 Å². The maximum atomic E-state index is 11.3. The van der Waals surface area contributed by atoms with Crippen molar-refractivity contribution in [2.45, 2.75) is 6.54 Å². The number of fused-ring (bicyclic) bond motifs is 3.